The summed E-state index contributed by atoms with van der Waals surface area (Å²) >= 11 is 0. The van der Waals surface area contributed by atoms with Crippen LogP contribution in [-0.2, 0) is 52.5 Å². The molecule has 1 N–H and O–H groups in total. The molecule has 0 aliphatic heterocycles. The maximum absolute atomic E-state index is 13.1. The molecule has 0 fully saturated rings. The highest BCUT2D eigenvalue weighted by Gasteiger charge is 2.42. The standard InChI is InChI=1S/C45H84N2O5.C42H74F3NO5.C5H11NO2/c1-5-7-9-11-13-15-17-19-21-23-25-27-29-31-33-35-44(49)51-41-39-47(43(48)37-38-46(3)4)40-42-52-45(50)36-34-32-30-28-26-24-22-20-18-16-14-12-10-8-6-2;1-3-5-7-9-11-13-15-17-19-21-23-25-27-29-31-33-39(47)50-37-35-46(41(49)42(43,44)45)36-38-51-40(48)34-32-30-28-26-24-22-20-18-16-14-12-10-8-6-4-2;1-6(2)4-3-5(7)8/h19-22H,5-18,23-42H2,1-4H3;17-20H,3-16,21-38H2,1-2H3;3-4H2,1-2H3,(H,7,8)/b21-19-,22-20-;19-17-,20-18-;. The molecule has 0 spiro atoms. The third-order valence-corrected chi connectivity index (χ3v) is 19.5. The fourth-order valence-electron chi connectivity index (χ4n) is 12.4. The van der Waals surface area contributed by atoms with Crippen molar-refractivity contribution in [3.63, 3.8) is 0 Å². The van der Waals surface area contributed by atoms with Gasteiger partial charge in [0.05, 0.1) is 32.6 Å². The summed E-state index contributed by atoms with van der Waals surface area (Å²) in [5, 5.41) is 8.14. The van der Waals surface area contributed by atoms with E-state index in [1.54, 1.807) is 4.90 Å². The third kappa shape index (κ3) is 90.4. The smallest absolute Gasteiger partial charge is 0.471 e. The predicted molar refractivity (Wildman–Crippen MR) is 455 cm³/mol. The Balaban J connectivity index is -0.00000191. The number of halogens is 3. The van der Waals surface area contributed by atoms with Gasteiger partial charge in [-0.15, -0.1) is 0 Å². The Morgan fingerprint density at radius 3 is 0.667 bits per heavy atom. The van der Waals surface area contributed by atoms with Crippen molar-refractivity contribution in [1.29, 1.82) is 0 Å². The molecule has 0 unspecified atom stereocenters. The van der Waals surface area contributed by atoms with Gasteiger partial charge in [0.15, 0.2) is 0 Å². The number of hydrogen-bond donors (Lipinski definition) is 1. The molecule has 111 heavy (non-hydrogen) atoms. The van der Waals surface area contributed by atoms with Gasteiger partial charge in [0.25, 0.3) is 0 Å². The molecular weight excluding hydrogens is 1410 g/mol. The van der Waals surface area contributed by atoms with Crippen LogP contribution in [0.4, 0.5) is 13.2 Å². The fourth-order valence-corrected chi connectivity index (χ4v) is 12.4. The molecule has 0 saturated heterocycles. The van der Waals surface area contributed by atoms with E-state index in [1.165, 1.54) is 193 Å². The topological polar surface area (TPSA) is 190 Å². The quantitative estimate of drug-likeness (QED) is 0.0262. The van der Waals surface area contributed by atoms with E-state index in [1.807, 2.05) is 38.0 Å². The lowest BCUT2D eigenvalue weighted by Gasteiger charge is -2.23. The van der Waals surface area contributed by atoms with Crippen LogP contribution in [0, 0.1) is 0 Å². The van der Waals surface area contributed by atoms with Gasteiger partial charge in [-0.25, -0.2) is 0 Å². The molecule has 0 bridgehead atoms. The van der Waals surface area contributed by atoms with E-state index in [0.29, 0.717) is 63.2 Å². The number of carbonyl (C=O) groups is 7. The minimum atomic E-state index is -5.07. The second kappa shape index (κ2) is 87.3. The summed E-state index contributed by atoms with van der Waals surface area (Å²) < 4.78 is 60.5. The summed E-state index contributed by atoms with van der Waals surface area (Å²) in [6.45, 7) is 9.70. The van der Waals surface area contributed by atoms with E-state index >= 15 is 0 Å². The van der Waals surface area contributed by atoms with Crippen LogP contribution < -0.4 is 0 Å². The molecule has 16 nitrogen and oxygen atoms in total. The van der Waals surface area contributed by atoms with Gasteiger partial charge in [-0.2, -0.15) is 13.2 Å². The summed E-state index contributed by atoms with van der Waals surface area (Å²) in [7, 11) is 7.57. The highest BCUT2D eigenvalue weighted by atomic mass is 19.4. The van der Waals surface area contributed by atoms with Crippen LogP contribution >= 0.6 is 0 Å². The number of ether oxygens (including phenoxy) is 4. The lowest BCUT2D eigenvalue weighted by Crippen LogP contribution is -2.44. The van der Waals surface area contributed by atoms with Gasteiger partial charge in [-0.05, 0) is 157 Å². The number of hydrogen-bond acceptors (Lipinski definition) is 13. The Bertz CT molecular complexity index is 2130. The van der Waals surface area contributed by atoms with Crippen molar-refractivity contribution in [2.75, 3.05) is 93.9 Å². The second-order valence-electron chi connectivity index (χ2n) is 30.9. The zero-order valence-corrected chi connectivity index (χ0v) is 72.6. The normalized spacial score (nSPS) is 11.6. The number of rotatable bonds is 78. The number of allylic oxidation sites excluding steroid dienone is 8. The monoisotopic (exact) mass is 1580 g/mol. The van der Waals surface area contributed by atoms with Crippen LogP contribution in [0.15, 0.2) is 48.6 Å². The number of carbonyl (C=O) groups excluding carboxylic acids is 6. The number of aliphatic carboxylic acids is 1. The van der Waals surface area contributed by atoms with E-state index in [4.69, 9.17) is 24.1 Å². The number of nitrogens with zero attached hydrogens (tertiary/aromatic N) is 4. The fraction of sp³-hybridized carbons (Fsp3) is 0.837. The summed E-state index contributed by atoms with van der Waals surface area (Å²) in [6, 6.07) is 0. The van der Waals surface area contributed by atoms with E-state index in [2.05, 4.69) is 76.3 Å². The Labute approximate surface area is 677 Å². The van der Waals surface area contributed by atoms with E-state index in [9.17, 15) is 46.7 Å². The molecule has 0 heterocycles. The first kappa shape index (κ1) is 110. The van der Waals surface area contributed by atoms with Crippen molar-refractivity contribution in [2.45, 2.75) is 406 Å². The lowest BCUT2D eigenvalue weighted by molar-refractivity contribution is -0.187. The summed E-state index contributed by atoms with van der Waals surface area (Å²) in [4.78, 5) is 89.4. The molecule has 0 saturated carbocycles. The average Bonchev–Trinajstić information content (AvgIpc) is 0.869. The zero-order chi connectivity index (χ0) is 82.4. The van der Waals surface area contributed by atoms with Crippen LogP contribution in [0.2, 0.25) is 0 Å². The van der Waals surface area contributed by atoms with E-state index in [0.717, 1.165) is 128 Å². The van der Waals surface area contributed by atoms with Gasteiger partial charge < -0.3 is 43.7 Å². The highest BCUT2D eigenvalue weighted by Crippen LogP contribution is 2.20. The largest absolute Gasteiger partial charge is 0.481 e. The lowest BCUT2D eigenvalue weighted by atomic mass is 10.1. The van der Waals surface area contributed by atoms with Gasteiger partial charge in [0.2, 0.25) is 5.91 Å². The van der Waals surface area contributed by atoms with Gasteiger partial charge >= 0.3 is 41.9 Å². The minimum Gasteiger partial charge on any atom is -0.481 e. The Morgan fingerprint density at radius 2 is 0.468 bits per heavy atom. The number of amides is 2. The van der Waals surface area contributed by atoms with Crippen LogP contribution in [0.5, 0.6) is 0 Å². The molecular formula is C92H169F3N4O12. The SMILES string of the molecule is CCCCCCCC/C=C\CCCCCCCC(=O)OCCN(CCOC(=O)CCCCCCC/C=C\CCCCCCCC)C(=O)C(F)(F)F.CCCCCCCC/C=C\CCCCCCCC(=O)OCCN(CCOC(=O)CCCCCCC/C=C\CCCCCCCC)C(=O)CCN(C)C.CN(C)CCC(=O)O. The number of unbranched alkanes of at least 4 members (excludes halogenated alkanes) is 44. The molecule has 0 aromatic rings. The number of carboxylic acid groups (broad SMARTS) is 1. The minimum absolute atomic E-state index is 0.0182. The van der Waals surface area contributed by atoms with Crippen LogP contribution in [0.1, 0.15) is 400 Å². The van der Waals surface area contributed by atoms with Gasteiger partial charge in [-0.3, -0.25) is 33.6 Å². The number of carboxylic acids is 1. The number of alkyl halides is 3. The van der Waals surface area contributed by atoms with Crippen LogP contribution in [0.3, 0.4) is 0 Å². The van der Waals surface area contributed by atoms with Crippen molar-refractivity contribution < 1.29 is 70.8 Å². The Kier molecular flexibility index (Phi) is 86.7. The first-order valence-corrected chi connectivity index (χ1v) is 45.1. The summed E-state index contributed by atoms with van der Waals surface area (Å²) in [6.07, 6.45) is 76.7. The first-order chi connectivity index (χ1) is 53.7. The molecule has 0 atom stereocenters. The zero-order valence-electron chi connectivity index (χ0n) is 72.6. The Morgan fingerprint density at radius 1 is 0.270 bits per heavy atom. The maximum Gasteiger partial charge on any atom is 0.471 e. The van der Waals surface area contributed by atoms with Crippen LogP contribution in [-0.4, -0.2) is 166 Å². The van der Waals surface area contributed by atoms with E-state index in [-0.39, 0.29) is 63.5 Å². The molecule has 2 amide bonds. The first-order valence-electron chi connectivity index (χ1n) is 45.1. The summed E-state index contributed by atoms with van der Waals surface area (Å²) in [5.74, 6) is -4.18. The number of esters is 4. The van der Waals surface area contributed by atoms with Crippen molar-refractivity contribution in [3.8, 4) is 0 Å². The van der Waals surface area contributed by atoms with Crippen molar-refractivity contribution in [2.24, 2.45) is 0 Å². The second-order valence-corrected chi connectivity index (χ2v) is 30.9. The average molecular weight is 1580 g/mol. The summed E-state index contributed by atoms with van der Waals surface area (Å²) in [5.41, 5.74) is 0. The highest BCUT2D eigenvalue weighted by molar-refractivity contribution is 5.82. The molecule has 0 aromatic carbocycles. The van der Waals surface area contributed by atoms with E-state index < -0.39 is 43.1 Å². The molecule has 0 radical (unpaired) electrons. The van der Waals surface area contributed by atoms with Gasteiger partial charge in [0.1, 0.15) is 26.4 Å². The Hall–Kier alpha value is -5.04. The molecule has 19 heteroatoms. The molecule has 0 aromatic heterocycles. The van der Waals surface area contributed by atoms with Gasteiger partial charge in [0, 0.05) is 45.2 Å². The molecule has 0 aliphatic rings. The van der Waals surface area contributed by atoms with Crippen LogP contribution in [0.25, 0.3) is 0 Å². The molecule has 650 valence electrons. The predicted octanol–water partition coefficient (Wildman–Crippen LogP) is 24.5. The van der Waals surface area contributed by atoms with Gasteiger partial charge in [-0.1, -0.05) is 282 Å². The third-order valence-electron chi connectivity index (χ3n) is 19.5. The van der Waals surface area contributed by atoms with Crippen molar-refractivity contribution in [3.05, 3.63) is 48.6 Å². The molecule has 0 rings (SSSR count). The van der Waals surface area contributed by atoms with Crippen molar-refractivity contribution in [1.82, 2.24) is 19.6 Å². The maximum atomic E-state index is 13.1. The van der Waals surface area contributed by atoms with Crippen molar-refractivity contribution >= 4 is 41.7 Å². The molecule has 0 aliphatic carbocycles.